The fourth-order valence-corrected chi connectivity index (χ4v) is 5.20. The summed E-state index contributed by atoms with van der Waals surface area (Å²) >= 11 is 0. The van der Waals surface area contributed by atoms with Crippen molar-refractivity contribution in [2.45, 2.75) is 32.2 Å². The molecule has 1 atom stereocenters. The fraction of sp³-hybridized carbons (Fsp3) is 0.417. The third-order valence-electron chi connectivity index (χ3n) is 5.61. The number of hydrogen-bond donors (Lipinski definition) is 2. The lowest BCUT2D eigenvalue weighted by Crippen LogP contribution is -2.49. The maximum absolute atomic E-state index is 13.1. The van der Waals surface area contributed by atoms with E-state index in [2.05, 4.69) is 10.6 Å². The number of ether oxygens (including phenoxy) is 1. The molecule has 0 unspecified atom stereocenters. The van der Waals surface area contributed by atoms with E-state index in [0.29, 0.717) is 37.4 Å². The normalized spacial score (nSPS) is 15.6. The molecular weight excluding hydrogens is 461 g/mol. The second-order valence-electron chi connectivity index (χ2n) is 8.46. The van der Waals surface area contributed by atoms with E-state index in [1.54, 1.807) is 38.1 Å². The number of hydrogen-bond acceptors (Lipinski definition) is 5. The van der Waals surface area contributed by atoms with Crippen LogP contribution in [0.15, 0.2) is 48.5 Å². The molecule has 1 heterocycles. The maximum Gasteiger partial charge on any atom is 0.251 e. The molecule has 0 saturated carbocycles. The lowest BCUT2D eigenvalue weighted by Gasteiger charge is -2.26. The number of nitrogens with zero attached hydrogens (tertiary/aromatic N) is 1. The molecule has 8 nitrogen and oxygen atoms in total. The van der Waals surface area contributed by atoms with E-state index in [-0.39, 0.29) is 23.8 Å². The highest BCUT2D eigenvalue weighted by molar-refractivity contribution is 7.88. The van der Waals surface area contributed by atoms with Crippen molar-refractivity contribution in [2.75, 3.05) is 26.3 Å². The number of sulfonamides is 1. The van der Waals surface area contributed by atoms with Gasteiger partial charge in [0.25, 0.3) is 5.91 Å². The predicted molar refractivity (Wildman–Crippen MR) is 126 cm³/mol. The molecule has 184 valence electrons. The van der Waals surface area contributed by atoms with Gasteiger partial charge >= 0.3 is 0 Å². The topological polar surface area (TPSA) is 105 Å². The van der Waals surface area contributed by atoms with Gasteiger partial charge in [0.15, 0.2) is 0 Å². The zero-order chi connectivity index (χ0) is 24.7. The highest BCUT2D eigenvalue weighted by Crippen LogP contribution is 2.17. The van der Waals surface area contributed by atoms with Crippen molar-refractivity contribution in [2.24, 2.45) is 5.92 Å². The van der Waals surface area contributed by atoms with Crippen LogP contribution >= 0.6 is 0 Å². The summed E-state index contributed by atoms with van der Waals surface area (Å²) in [5, 5.41) is 5.51. The summed E-state index contributed by atoms with van der Waals surface area (Å²) in [5.41, 5.74) is 1.53. The molecule has 2 N–H and O–H groups in total. The summed E-state index contributed by atoms with van der Waals surface area (Å²) in [6, 6.07) is 11.3. The Balaban J connectivity index is 1.65. The molecule has 3 rings (SSSR count). The minimum Gasteiger partial charge on any atom is -0.379 e. The Labute approximate surface area is 199 Å². The first-order valence-corrected chi connectivity index (χ1v) is 12.7. The van der Waals surface area contributed by atoms with Gasteiger partial charge < -0.3 is 15.4 Å². The number of carbonyl (C=O) groups is 2. The van der Waals surface area contributed by atoms with Gasteiger partial charge in [-0.2, -0.15) is 4.31 Å². The molecule has 10 heteroatoms. The van der Waals surface area contributed by atoms with Gasteiger partial charge in [0, 0.05) is 25.2 Å². The first-order valence-electron chi connectivity index (χ1n) is 11.1. The summed E-state index contributed by atoms with van der Waals surface area (Å²) < 4.78 is 45.5. The van der Waals surface area contributed by atoms with Gasteiger partial charge in [0.1, 0.15) is 11.9 Å². The van der Waals surface area contributed by atoms with Crippen molar-refractivity contribution >= 4 is 21.8 Å². The summed E-state index contributed by atoms with van der Waals surface area (Å²) in [6.07, 6.45) is 0. The molecule has 0 aromatic heterocycles. The highest BCUT2D eigenvalue weighted by Gasteiger charge is 2.27. The van der Waals surface area contributed by atoms with E-state index < -0.39 is 33.7 Å². The van der Waals surface area contributed by atoms with E-state index in [9.17, 15) is 22.4 Å². The Morgan fingerprint density at radius 2 is 1.65 bits per heavy atom. The van der Waals surface area contributed by atoms with Crippen LogP contribution < -0.4 is 10.6 Å². The van der Waals surface area contributed by atoms with Crippen LogP contribution in [0.3, 0.4) is 0 Å². The maximum atomic E-state index is 13.1. The monoisotopic (exact) mass is 491 g/mol. The largest absolute Gasteiger partial charge is 0.379 e. The minimum absolute atomic E-state index is 0.114. The van der Waals surface area contributed by atoms with Crippen LogP contribution in [0.5, 0.6) is 0 Å². The molecule has 34 heavy (non-hydrogen) atoms. The van der Waals surface area contributed by atoms with Crippen LogP contribution in [0.25, 0.3) is 0 Å². The van der Waals surface area contributed by atoms with Crippen LogP contribution in [0.1, 0.15) is 35.3 Å². The Kier molecular flexibility index (Phi) is 8.76. The zero-order valence-electron chi connectivity index (χ0n) is 19.3. The average molecular weight is 492 g/mol. The van der Waals surface area contributed by atoms with Gasteiger partial charge in [-0.1, -0.05) is 38.1 Å². The Hall–Kier alpha value is -2.82. The Morgan fingerprint density at radius 1 is 1.03 bits per heavy atom. The van der Waals surface area contributed by atoms with Gasteiger partial charge in [0.2, 0.25) is 15.9 Å². The van der Waals surface area contributed by atoms with E-state index in [1.165, 1.54) is 28.6 Å². The fourth-order valence-electron chi connectivity index (χ4n) is 3.64. The van der Waals surface area contributed by atoms with Crippen molar-refractivity contribution in [3.8, 4) is 0 Å². The van der Waals surface area contributed by atoms with Crippen LogP contribution in [0, 0.1) is 11.7 Å². The minimum atomic E-state index is -3.52. The molecule has 0 radical (unpaired) electrons. The molecule has 0 aliphatic carbocycles. The quantitative estimate of drug-likeness (QED) is 0.559. The van der Waals surface area contributed by atoms with Gasteiger partial charge in [-0.25, -0.2) is 12.8 Å². The van der Waals surface area contributed by atoms with Crippen molar-refractivity contribution < 1.29 is 27.1 Å². The van der Waals surface area contributed by atoms with E-state index in [4.69, 9.17) is 4.74 Å². The van der Waals surface area contributed by atoms with Crippen LogP contribution in [0.2, 0.25) is 0 Å². The van der Waals surface area contributed by atoms with Gasteiger partial charge in [-0.3, -0.25) is 9.59 Å². The second-order valence-corrected chi connectivity index (χ2v) is 10.4. The van der Waals surface area contributed by atoms with Crippen molar-refractivity contribution in [1.82, 2.24) is 14.9 Å². The molecule has 0 bridgehead atoms. The summed E-state index contributed by atoms with van der Waals surface area (Å²) in [4.78, 5) is 25.4. The number of benzene rings is 2. The third kappa shape index (κ3) is 6.85. The average Bonchev–Trinajstić information content (AvgIpc) is 2.82. The number of halogens is 1. The van der Waals surface area contributed by atoms with E-state index >= 15 is 0 Å². The number of nitrogens with one attached hydrogen (secondary N) is 2. The SMILES string of the molecule is CC(C)[C@H](NC(=O)c1ccc(F)cc1)C(=O)NCc1ccccc1CS(=O)(=O)N1CCOCC1. The van der Waals surface area contributed by atoms with Crippen molar-refractivity contribution in [3.63, 3.8) is 0 Å². The third-order valence-corrected chi connectivity index (χ3v) is 7.44. The molecule has 2 amide bonds. The Bertz CT molecular complexity index is 1100. The number of amides is 2. The number of morpholine rings is 1. The molecule has 1 aliphatic rings. The van der Waals surface area contributed by atoms with Gasteiger partial charge in [0.05, 0.1) is 19.0 Å². The van der Waals surface area contributed by atoms with Crippen LogP contribution in [-0.2, 0) is 31.9 Å². The first-order chi connectivity index (χ1) is 16.2. The molecule has 2 aromatic carbocycles. The van der Waals surface area contributed by atoms with Gasteiger partial charge in [-0.05, 0) is 41.3 Å². The van der Waals surface area contributed by atoms with E-state index in [1.807, 2.05) is 0 Å². The van der Waals surface area contributed by atoms with Crippen molar-refractivity contribution in [3.05, 3.63) is 71.0 Å². The molecular formula is C24H30FN3O5S. The standard InChI is InChI=1S/C24H30FN3O5S/c1-17(2)22(27-23(29)18-7-9-21(25)10-8-18)24(30)26-15-19-5-3-4-6-20(19)16-34(31,32)28-11-13-33-14-12-28/h3-10,17,22H,11-16H2,1-2H3,(H,26,30)(H,27,29)/t22-/m0/s1. The zero-order valence-corrected chi connectivity index (χ0v) is 20.1. The lowest BCUT2D eigenvalue weighted by atomic mass is 10.0. The summed E-state index contributed by atoms with van der Waals surface area (Å²) in [7, 11) is -3.52. The first kappa shape index (κ1) is 25.8. The number of carbonyl (C=O) groups excluding carboxylic acids is 2. The van der Waals surface area contributed by atoms with Crippen LogP contribution in [0.4, 0.5) is 4.39 Å². The molecule has 0 spiro atoms. The molecule has 1 fully saturated rings. The van der Waals surface area contributed by atoms with Crippen molar-refractivity contribution in [1.29, 1.82) is 0 Å². The number of rotatable bonds is 9. The smallest absolute Gasteiger partial charge is 0.251 e. The second kappa shape index (κ2) is 11.5. The predicted octanol–water partition coefficient (Wildman–Crippen LogP) is 2.06. The molecule has 2 aromatic rings. The highest BCUT2D eigenvalue weighted by atomic mass is 32.2. The summed E-state index contributed by atoms with van der Waals surface area (Å²) in [6.45, 7) is 5.11. The molecule has 1 saturated heterocycles. The Morgan fingerprint density at radius 3 is 2.26 bits per heavy atom. The lowest BCUT2D eigenvalue weighted by molar-refractivity contribution is -0.124. The van der Waals surface area contributed by atoms with Crippen LogP contribution in [-0.4, -0.2) is 56.9 Å². The summed E-state index contributed by atoms with van der Waals surface area (Å²) in [5.74, 6) is -1.71. The van der Waals surface area contributed by atoms with E-state index in [0.717, 1.165) is 0 Å². The van der Waals surface area contributed by atoms with Gasteiger partial charge in [-0.15, -0.1) is 0 Å². The molecule has 1 aliphatic heterocycles.